The molecule has 0 saturated carbocycles. The summed E-state index contributed by atoms with van der Waals surface area (Å²) in [4.78, 5) is 2.61. The molecule has 42 heavy (non-hydrogen) atoms. The Bertz CT molecular complexity index is 1920. The van der Waals surface area contributed by atoms with E-state index < -0.39 is 0 Å². The molecule has 2 heteroatoms. The van der Waals surface area contributed by atoms with Gasteiger partial charge in [-0.1, -0.05) is 71.8 Å². The Morgan fingerprint density at radius 3 is 1.10 bits per heavy atom. The summed E-state index contributed by atoms with van der Waals surface area (Å²) in [6.07, 6.45) is 0. The van der Waals surface area contributed by atoms with Crippen LogP contribution >= 0.6 is 22.7 Å². The van der Waals surface area contributed by atoms with E-state index in [1.54, 1.807) is 22.7 Å². The number of rotatable bonds is 4. The van der Waals surface area contributed by atoms with E-state index in [0.29, 0.717) is 0 Å². The van der Waals surface area contributed by atoms with Gasteiger partial charge in [0.25, 0.3) is 0 Å². The van der Waals surface area contributed by atoms with E-state index in [4.69, 9.17) is 0 Å². The van der Waals surface area contributed by atoms with Gasteiger partial charge in [-0.15, -0.1) is 22.7 Å². The Morgan fingerprint density at radius 2 is 0.762 bits per heavy atom. The molecule has 0 bridgehead atoms. The average Bonchev–Trinajstić information content (AvgIpc) is 3.68. The van der Waals surface area contributed by atoms with Gasteiger partial charge in [-0.3, -0.25) is 0 Å². The molecule has 7 rings (SSSR count). The number of thiophene rings is 2. The Morgan fingerprint density at radius 1 is 0.381 bits per heavy atom. The van der Waals surface area contributed by atoms with Crippen LogP contribution in [0.15, 0.2) is 95.7 Å². The zero-order valence-corrected chi connectivity index (χ0v) is 26.7. The molecule has 7 aromatic rings. The number of fused-ring (bicyclic) bond motifs is 2. The molecule has 2 heterocycles. The van der Waals surface area contributed by atoms with Crippen LogP contribution in [0, 0.1) is 41.5 Å². The Labute approximate surface area is 256 Å². The lowest BCUT2D eigenvalue weighted by Crippen LogP contribution is -1.98. The summed E-state index contributed by atoms with van der Waals surface area (Å²) >= 11 is 3.61. The summed E-state index contributed by atoms with van der Waals surface area (Å²) in [5.41, 5.74) is 15.9. The Balaban J connectivity index is 1.72. The first-order valence-corrected chi connectivity index (χ1v) is 16.3. The van der Waals surface area contributed by atoms with Crippen LogP contribution in [-0.4, -0.2) is 0 Å². The SMILES string of the molecule is Cc1cc(C)c(-c2c3ccc(-c4cccs4)cc3c(-c3c(C)cc(C)cc3C)c3ccc(-c4cccs4)cc23)c(C)c1. The molecular formula is C40H34S2. The zero-order valence-electron chi connectivity index (χ0n) is 25.1. The summed E-state index contributed by atoms with van der Waals surface area (Å²) in [5.74, 6) is 0. The normalized spacial score (nSPS) is 11.6. The third-order valence-electron chi connectivity index (χ3n) is 8.58. The first kappa shape index (κ1) is 26.9. The highest BCUT2D eigenvalue weighted by atomic mass is 32.1. The van der Waals surface area contributed by atoms with E-state index in [0.717, 1.165) is 0 Å². The van der Waals surface area contributed by atoms with Crippen molar-refractivity contribution in [3.05, 3.63) is 129 Å². The van der Waals surface area contributed by atoms with Gasteiger partial charge in [0.15, 0.2) is 0 Å². The summed E-state index contributed by atoms with van der Waals surface area (Å²) < 4.78 is 0. The van der Waals surface area contributed by atoms with E-state index in [9.17, 15) is 0 Å². The molecule has 0 aliphatic rings. The summed E-state index contributed by atoms with van der Waals surface area (Å²) in [6, 6.07) is 32.4. The second kappa shape index (κ2) is 10.4. The first-order chi connectivity index (χ1) is 20.3. The molecule has 0 nitrogen and oxygen atoms in total. The molecule has 0 aliphatic heterocycles. The number of benzene rings is 5. The molecule has 2 aromatic heterocycles. The number of aryl methyl sites for hydroxylation is 6. The van der Waals surface area contributed by atoms with E-state index >= 15 is 0 Å². The van der Waals surface area contributed by atoms with Gasteiger partial charge in [0.1, 0.15) is 0 Å². The van der Waals surface area contributed by atoms with Crippen molar-refractivity contribution >= 4 is 44.2 Å². The van der Waals surface area contributed by atoms with Crippen molar-refractivity contribution in [2.75, 3.05) is 0 Å². The molecule has 0 aliphatic carbocycles. The fourth-order valence-electron chi connectivity index (χ4n) is 7.11. The van der Waals surface area contributed by atoms with E-state index in [1.165, 1.54) is 98.1 Å². The second-order valence-corrected chi connectivity index (χ2v) is 13.7. The number of hydrogen-bond acceptors (Lipinski definition) is 2. The van der Waals surface area contributed by atoms with E-state index in [-0.39, 0.29) is 0 Å². The molecule has 0 radical (unpaired) electrons. The monoisotopic (exact) mass is 578 g/mol. The van der Waals surface area contributed by atoms with Crippen molar-refractivity contribution in [2.24, 2.45) is 0 Å². The van der Waals surface area contributed by atoms with E-state index in [1.807, 2.05) is 0 Å². The maximum Gasteiger partial charge on any atom is 0.0342 e. The quantitative estimate of drug-likeness (QED) is 0.182. The summed E-state index contributed by atoms with van der Waals surface area (Å²) in [6.45, 7) is 13.5. The van der Waals surface area contributed by atoms with Gasteiger partial charge in [-0.2, -0.15) is 0 Å². The minimum absolute atomic E-state index is 1.28. The molecule has 0 atom stereocenters. The molecule has 0 fully saturated rings. The molecule has 0 spiro atoms. The minimum Gasteiger partial charge on any atom is -0.144 e. The van der Waals surface area contributed by atoms with E-state index in [2.05, 4.69) is 137 Å². The fourth-order valence-corrected chi connectivity index (χ4v) is 8.56. The highest BCUT2D eigenvalue weighted by molar-refractivity contribution is 7.13. The van der Waals surface area contributed by atoms with Crippen LogP contribution in [0.4, 0.5) is 0 Å². The lowest BCUT2D eigenvalue weighted by Gasteiger charge is -2.23. The zero-order chi connectivity index (χ0) is 29.1. The standard InChI is InChI=1S/C40H34S2/c1-23-17-25(3)37(26(4)18-23)39-31-13-11-30(36-10-8-16-42-36)22-34(31)40(38-27(5)19-24(2)20-28(38)6)32-14-12-29(21-33(32)39)35-9-7-15-41-35/h7-22H,1-6H3. The molecular weight excluding hydrogens is 545 g/mol. The van der Waals surface area contributed by atoms with Crippen molar-refractivity contribution in [1.82, 2.24) is 0 Å². The largest absolute Gasteiger partial charge is 0.144 e. The van der Waals surface area contributed by atoms with Crippen LogP contribution in [-0.2, 0) is 0 Å². The van der Waals surface area contributed by atoms with Crippen LogP contribution in [0.1, 0.15) is 33.4 Å². The van der Waals surface area contributed by atoms with Crippen LogP contribution in [0.5, 0.6) is 0 Å². The second-order valence-electron chi connectivity index (χ2n) is 11.8. The van der Waals surface area contributed by atoms with Crippen LogP contribution in [0.3, 0.4) is 0 Å². The third kappa shape index (κ3) is 4.42. The topological polar surface area (TPSA) is 0 Å². The maximum atomic E-state index is 2.45. The van der Waals surface area contributed by atoms with Gasteiger partial charge in [0.2, 0.25) is 0 Å². The maximum absolute atomic E-state index is 2.45. The average molecular weight is 579 g/mol. The van der Waals surface area contributed by atoms with Gasteiger partial charge in [0.05, 0.1) is 0 Å². The van der Waals surface area contributed by atoms with Crippen molar-refractivity contribution in [1.29, 1.82) is 0 Å². The van der Waals surface area contributed by atoms with Crippen molar-refractivity contribution in [3.63, 3.8) is 0 Å². The van der Waals surface area contributed by atoms with Crippen LogP contribution in [0.2, 0.25) is 0 Å². The minimum atomic E-state index is 1.28. The lowest BCUT2D eigenvalue weighted by molar-refractivity contribution is 1.32. The van der Waals surface area contributed by atoms with Gasteiger partial charge in [-0.05, 0) is 154 Å². The van der Waals surface area contributed by atoms with Crippen LogP contribution < -0.4 is 0 Å². The molecule has 0 N–H and O–H groups in total. The molecule has 0 saturated heterocycles. The highest BCUT2D eigenvalue weighted by Gasteiger charge is 2.22. The Kier molecular flexibility index (Phi) is 6.65. The van der Waals surface area contributed by atoms with Crippen LogP contribution in [0.25, 0.3) is 64.7 Å². The highest BCUT2D eigenvalue weighted by Crippen LogP contribution is 2.49. The van der Waals surface area contributed by atoms with Crippen molar-refractivity contribution < 1.29 is 0 Å². The van der Waals surface area contributed by atoms with Gasteiger partial charge in [-0.25, -0.2) is 0 Å². The predicted octanol–water partition coefficient (Wildman–Crippen LogP) is 12.6. The van der Waals surface area contributed by atoms with Gasteiger partial charge >= 0.3 is 0 Å². The van der Waals surface area contributed by atoms with Gasteiger partial charge in [0, 0.05) is 9.75 Å². The fraction of sp³-hybridized carbons (Fsp3) is 0.150. The lowest BCUT2D eigenvalue weighted by atomic mass is 9.80. The molecule has 5 aromatic carbocycles. The third-order valence-corrected chi connectivity index (χ3v) is 10.4. The molecule has 0 amide bonds. The van der Waals surface area contributed by atoms with Gasteiger partial charge < -0.3 is 0 Å². The summed E-state index contributed by atoms with van der Waals surface area (Å²) in [5, 5.41) is 9.62. The number of hydrogen-bond donors (Lipinski definition) is 0. The molecule has 0 unspecified atom stereocenters. The predicted molar refractivity (Wildman–Crippen MR) is 187 cm³/mol. The molecule has 206 valence electrons. The smallest absolute Gasteiger partial charge is 0.0342 e. The first-order valence-electron chi connectivity index (χ1n) is 14.6. The van der Waals surface area contributed by atoms with Crippen molar-refractivity contribution in [3.8, 4) is 43.1 Å². The van der Waals surface area contributed by atoms with Crippen molar-refractivity contribution in [2.45, 2.75) is 41.5 Å². The summed E-state index contributed by atoms with van der Waals surface area (Å²) in [7, 11) is 0. The Hall–Kier alpha value is -3.98.